The van der Waals surface area contributed by atoms with Gasteiger partial charge in [-0.05, 0) is 31.1 Å². The molecule has 1 N–H and O–H groups in total. The van der Waals surface area contributed by atoms with Crippen LogP contribution in [0.5, 0.6) is 0 Å². The Labute approximate surface area is 148 Å². The summed E-state index contributed by atoms with van der Waals surface area (Å²) in [4.78, 5) is 26.6. The topological polar surface area (TPSA) is 76.5 Å². The molecule has 3 rings (SSSR count). The number of aryl methyl sites for hydroxylation is 1. The van der Waals surface area contributed by atoms with Gasteiger partial charge in [-0.1, -0.05) is 13.8 Å². The van der Waals surface area contributed by atoms with E-state index in [4.69, 9.17) is 4.74 Å². The van der Waals surface area contributed by atoms with Crippen LogP contribution in [0.1, 0.15) is 39.5 Å². The molecule has 0 aromatic carbocycles. The van der Waals surface area contributed by atoms with Gasteiger partial charge in [0.25, 0.3) is 0 Å². The van der Waals surface area contributed by atoms with Crippen LogP contribution in [-0.2, 0) is 21.4 Å². The summed E-state index contributed by atoms with van der Waals surface area (Å²) in [6, 6.07) is -0.423. The van der Waals surface area contributed by atoms with E-state index in [9.17, 15) is 9.59 Å². The summed E-state index contributed by atoms with van der Waals surface area (Å²) in [5, 5.41) is 7.03. The normalized spacial score (nSPS) is 27.1. The summed E-state index contributed by atoms with van der Waals surface area (Å²) in [6.45, 7) is 5.63. The molecule has 2 fully saturated rings. The van der Waals surface area contributed by atoms with E-state index in [0.29, 0.717) is 31.2 Å². The molecule has 3 heterocycles. The van der Waals surface area contributed by atoms with Gasteiger partial charge >= 0.3 is 0 Å². The second-order valence-corrected chi connectivity index (χ2v) is 7.52. The molecule has 0 spiro atoms. The number of carbonyl (C=O) groups is 2. The fourth-order valence-corrected chi connectivity index (χ4v) is 3.68. The quantitative estimate of drug-likeness (QED) is 0.874. The van der Waals surface area contributed by atoms with Crippen molar-refractivity contribution in [2.24, 2.45) is 18.9 Å². The standard InChI is InChI=1S/C18H28N4O3/c1-12(2)16-8-13(5-7-25-16)9-17(23)20-15-4-6-22(18(15)24)14-10-19-21(3)11-14/h10-13,15-16H,4-9H2,1-3H3,(H,20,23). The van der Waals surface area contributed by atoms with Crippen LogP contribution in [0.25, 0.3) is 0 Å². The Kier molecular flexibility index (Phi) is 5.42. The molecular weight excluding hydrogens is 320 g/mol. The number of anilines is 1. The second-order valence-electron chi connectivity index (χ2n) is 7.52. The van der Waals surface area contributed by atoms with E-state index in [1.165, 1.54) is 0 Å². The van der Waals surface area contributed by atoms with Crippen molar-refractivity contribution in [3.63, 3.8) is 0 Å². The minimum absolute atomic E-state index is 0.0270. The lowest BCUT2D eigenvalue weighted by molar-refractivity contribution is -0.128. The highest BCUT2D eigenvalue weighted by Crippen LogP contribution is 2.27. The monoisotopic (exact) mass is 348 g/mol. The summed E-state index contributed by atoms with van der Waals surface area (Å²) in [6.07, 6.45) is 6.68. The molecule has 7 heteroatoms. The van der Waals surface area contributed by atoms with Gasteiger partial charge in [0.1, 0.15) is 6.04 Å². The molecule has 2 amide bonds. The molecule has 138 valence electrons. The van der Waals surface area contributed by atoms with Crippen LogP contribution in [0.15, 0.2) is 12.4 Å². The highest BCUT2D eigenvalue weighted by molar-refractivity contribution is 6.01. The molecule has 0 radical (unpaired) electrons. The predicted molar refractivity (Wildman–Crippen MR) is 94.0 cm³/mol. The molecule has 25 heavy (non-hydrogen) atoms. The number of hydrogen-bond acceptors (Lipinski definition) is 4. The van der Waals surface area contributed by atoms with Crippen LogP contribution < -0.4 is 10.2 Å². The van der Waals surface area contributed by atoms with Crippen LogP contribution in [0.2, 0.25) is 0 Å². The molecule has 2 saturated heterocycles. The zero-order valence-corrected chi connectivity index (χ0v) is 15.3. The van der Waals surface area contributed by atoms with Gasteiger partial charge in [0.15, 0.2) is 0 Å². The molecule has 1 aromatic heterocycles. The van der Waals surface area contributed by atoms with Gasteiger partial charge < -0.3 is 15.0 Å². The minimum Gasteiger partial charge on any atom is -0.378 e. The van der Waals surface area contributed by atoms with Gasteiger partial charge in [0.2, 0.25) is 11.8 Å². The summed E-state index contributed by atoms with van der Waals surface area (Å²) in [7, 11) is 1.82. The lowest BCUT2D eigenvalue weighted by Gasteiger charge is -2.31. The van der Waals surface area contributed by atoms with Crippen molar-refractivity contribution in [1.29, 1.82) is 0 Å². The molecule has 7 nitrogen and oxygen atoms in total. The Balaban J connectivity index is 1.51. The molecular formula is C18H28N4O3. The van der Waals surface area contributed by atoms with Gasteiger partial charge in [0.05, 0.1) is 18.0 Å². The van der Waals surface area contributed by atoms with E-state index in [1.54, 1.807) is 15.8 Å². The van der Waals surface area contributed by atoms with Crippen molar-refractivity contribution >= 4 is 17.5 Å². The van der Waals surface area contributed by atoms with Crippen LogP contribution in [0, 0.1) is 11.8 Å². The van der Waals surface area contributed by atoms with Crippen LogP contribution in [0.4, 0.5) is 5.69 Å². The van der Waals surface area contributed by atoms with Crippen molar-refractivity contribution < 1.29 is 14.3 Å². The SMILES string of the molecule is CC(C)C1CC(CC(=O)NC2CCN(c3cnn(C)c3)C2=O)CCO1. The highest BCUT2D eigenvalue weighted by Gasteiger charge is 2.35. The Morgan fingerprint density at radius 3 is 2.92 bits per heavy atom. The maximum Gasteiger partial charge on any atom is 0.249 e. The first-order valence-electron chi connectivity index (χ1n) is 9.15. The number of aromatic nitrogens is 2. The smallest absolute Gasteiger partial charge is 0.249 e. The van der Waals surface area contributed by atoms with E-state index in [1.807, 2.05) is 13.2 Å². The zero-order chi connectivity index (χ0) is 18.0. The molecule has 3 atom stereocenters. The van der Waals surface area contributed by atoms with E-state index in [0.717, 1.165) is 25.1 Å². The maximum atomic E-state index is 12.5. The van der Waals surface area contributed by atoms with Gasteiger partial charge in [-0.2, -0.15) is 5.10 Å². The summed E-state index contributed by atoms with van der Waals surface area (Å²) < 4.78 is 7.44. The van der Waals surface area contributed by atoms with Crippen molar-refractivity contribution in [3.8, 4) is 0 Å². The highest BCUT2D eigenvalue weighted by atomic mass is 16.5. The number of hydrogen-bond donors (Lipinski definition) is 1. The fraction of sp³-hybridized carbons (Fsp3) is 0.722. The first-order valence-corrected chi connectivity index (χ1v) is 9.15. The second kappa shape index (κ2) is 7.56. The summed E-state index contributed by atoms with van der Waals surface area (Å²) in [5.74, 6) is 0.733. The largest absolute Gasteiger partial charge is 0.378 e. The van der Waals surface area contributed by atoms with Crippen LogP contribution in [0.3, 0.4) is 0 Å². The average Bonchev–Trinajstić information content (AvgIpc) is 3.14. The zero-order valence-electron chi connectivity index (χ0n) is 15.3. The van der Waals surface area contributed by atoms with Crippen molar-refractivity contribution in [3.05, 3.63) is 12.4 Å². The van der Waals surface area contributed by atoms with Gasteiger partial charge in [-0.15, -0.1) is 0 Å². The van der Waals surface area contributed by atoms with Crippen molar-refractivity contribution in [2.75, 3.05) is 18.1 Å². The molecule has 0 aliphatic carbocycles. The fourth-order valence-electron chi connectivity index (χ4n) is 3.68. The third-order valence-corrected chi connectivity index (χ3v) is 5.18. The number of ether oxygens (including phenoxy) is 1. The van der Waals surface area contributed by atoms with Crippen LogP contribution >= 0.6 is 0 Å². The molecule has 2 aliphatic rings. The molecule has 2 aliphatic heterocycles. The number of nitrogens with one attached hydrogen (secondary N) is 1. The van der Waals surface area contributed by atoms with Gasteiger partial charge in [-0.25, -0.2) is 0 Å². The minimum atomic E-state index is -0.423. The first kappa shape index (κ1) is 17.9. The molecule has 3 unspecified atom stereocenters. The van der Waals surface area contributed by atoms with E-state index >= 15 is 0 Å². The Morgan fingerprint density at radius 2 is 2.24 bits per heavy atom. The molecule has 0 bridgehead atoms. The third-order valence-electron chi connectivity index (χ3n) is 5.18. The van der Waals surface area contributed by atoms with E-state index < -0.39 is 6.04 Å². The van der Waals surface area contributed by atoms with Gasteiger partial charge in [0, 0.05) is 32.8 Å². The van der Waals surface area contributed by atoms with Gasteiger partial charge in [-0.3, -0.25) is 14.3 Å². The first-order chi connectivity index (χ1) is 11.9. The van der Waals surface area contributed by atoms with Crippen molar-refractivity contribution in [1.82, 2.24) is 15.1 Å². The number of carbonyl (C=O) groups excluding carboxylic acids is 2. The number of rotatable bonds is 5. The Morgan fingerprint density at radius 1 is 1.44 bits per heavy atom. The van der Waals surface area contributed by atoms with Crippen LogP contribution in [-0.4, -0.2) is 46.9 Å². The van der Waals surface area contributed by atoms with Crippen molar-refractivity contribution in [2.45, 2.75) is 51.7 Å². The van der Waals surface area contributed by atoms with E-state index in [2.05, 4.69) is 24.3 Å². The Hall–Kier alpha value is -1.89. The lowest BCUT2D eigenvalue weighted by atomic mass is 9.88. The lowest BCUT2D eigenvalue weighted by Crippen LogP contribution is -2.42. The Bertz CT molecular complexity index is 628. The summed E-state index contributed by atoms with van der Waals surface area (Å²) >= 11 is 0. The maximum absolute atomic E-state index is 12.5. The number of nitrogens with zero attached hydrogens (tertiary/aromatic N) is 3. The number of amides is 2. The van der Waals surface area contributed by atoms with E-state index in [-0.39, 0.29) is 17.9 Å². The average molecular weight is 348 g/mol. The third kappa shape index (κ3) is 4.21. The molecule has 0 saturated carbocycles. The molecule has 1 aromatic rings. The predicted octanol–water partition coefficient (Wildman–Crippen LogP) is 1.48. The summed E-state index contributed by atoms with van der Waals surface area (Å²) in [5.41, 5.74) is 0.786.